The smallest absolute Gasteiger partial charge is 0.302 e. The third-order valence-corrected chi connectivity index (χ3v) is 5.32. The first kappa shape index (κ1) is 18.8. The van der Waals surface area contributed by atoms with Crippen molar-refractivity contribution in [1.29, 1.82) is 0 Å². The molecule has 0 atom stereocenters. The number of para-hydroxylation sites is 1. The number of anilines is 3. The second-order valence-corrected chi connectivity index (χ2v) is 7.96. The van der Waals surface area contributed by atoms with Crippen LogP contribution in [-0.4, -0.2) is 37.0 Å². The summed E-state index contributed by atoms with van der Waals surface area (Å²) in [5.74, 6) is 0.790. The molecule has 3 rings (SSSR count). The van der Waals surface area contributed by atoms with Gasteiger partial charge in [0, 0.05) is 26.3 Å². The summed E-state index contributed by atoms with van der Waals surface area (Å²) in [5.41, 5.74) is 2.10. The van der Waals surface area contributed by atoms with Gasteiger partial charge < -0.3 is 4.90 Å². The first-order valence-corrected chi connectivity index (χ1v) is 9.80. The summed E-state index contributed by atoms with van der Waals surface area (Å²) in [5, 5.41) is 8.25. The van der Waals surface area contributed by atoms with Gasteiger partial charge in [-0.1, -0.05) is 48.5 Å². The van der Waals surface area contributed by atoms with Crippen LogP contribution in [0.3, 0.4) is 0 Å². The van der Waals surface area contributed by atoms with E-state index >= 15 is 0 Å². The number of benzene rings is 2. The molecule has 8 heteroatoms. The van der Waals surface area contributed by atoms with Gasteiger partial charge in [0.05, 0.1) is 0 Å². The number of nitrogens with zero attached hydrogens (tertiary/aromatic N) is 4. The number of rotatable bonds is 7. The molecule has 1 N–H and O–H groups in total. The second kappa shape index (κ2) is 8.15. The summed E-state index contributed by atoms with van der Waals surface area (Å²) in [4.78, 5) is 2.02. The number of hydrogen-bond donors (Lipinski definition) is 1. The molecule has 0 fully saturated rings. The normalized spacial score (nSPS) is 11.4. The van der Waals surface area contributed by atoms with E-state index in [9.17, 15) is 8.42 Å². The quantitative estimate of drug-likeness (QED) is 0.678. The van der Waals surface area contributed by atoms with Crippen molar-refractivity contribution in [3.63, 3.8) is 0 Å². The van der Waals surface area contributed by atoms with Crippen molar-refractivity contribution in [3.8, 4) is 0 Å². The first-order chi connectivity index (χ1) is 13.0. The SMILES string of the molecule is CN(C)S(=O)(=O)Nc1ccc(N(Cc2ccccc2)c2ccccc2)nn1. The van der Waals surface area contributed by atoms with E-state index in [0.29, 0.717) is 12.4 Å². The van der Waals surface area contributed by atoms with Crippen LogP contribution in [0, 0.1) is 0 Å². The maximum absolute atomic E-state index is 11.9. The predicted molar refractivity (Wildman–Crippen MR) is 107 cm³/mol. The van der Waals surface area contributed by atoms with Gasteiger partial charge >= 0.3 is 10.2 Å². The van der Waals surface area contributed by atoms with E-state index < -0.39 is 10.2 Å². The lowest BCUT2D eigenvalue weighted by Crippen LogP contribution is -2.29. The van der Waals surface area contributed by atoms with Crippen molar-refractivity contribution in [2.45, 2.75) is 6.54 Å². The van der Waals surface area contributed by atoms with Crippen LogP contribution >= 0.6 is 0 Å². The minimum Gasteiger partial charge on any atom is -0.320 e. The summed E-state index contributed by atoms with van der Waals surface area (Å²) in [6.45, 7) is 0.613. The van der Waals surface area contributed by atoms with Crippen LogP contribution in [0.15, 0.2) is 72.8 Å². The molecule has 1 heterocycles. The van der Waals surface area contributed by atoms with Gasteiger partial charge in [0.2, 0.25) is 0 Å². The fraction of sp³-hybridized carbons (Fsp3) is 0.158. The Kier molecular flexibility index (Phi) is 5.68. The zero-order valence-electron chi connectivity index (χ0n) is 15.1. The molecule has 0 radical (unpaired) electrons. The molecule has 0 unspecified atom stereocenters. The standard InChI is InChI=1S/C19H21N5O2S/c1-23(2)27(25,26)22-18-13-14-19(21-20-18)24(17-11-7-4-8-12-17)15-16-9-5-3-6-10-16/h3-14H,15H2,1-2H3,(H,20,22). The summed E-state index contributed by atoms with van der Waals surface area (Å²) in [6.07, 6.45) is 0. The maximum Gasteiger partial charge on any atom is 0.302 e. The Labute approximate surface area is 159 Å². The average Bonchev–Trinajstić information content (AvgIpc) is 2.68. The van der Waals surface area contributed by atoms with E-state index in [-0.39, 0.29) is 5.82 Å². The highest BCUT2D eigenvalue weighted by Crippen LogP contribution is 2.25. The van der Waals surface area contributed by atoms with E-state index in [0.717, 1.165) is 15.6 Å². The molecule has 0 saturated carbocycles. The number of nitrogens with one attached hydrogen (secondary N) is 1. The van der Waals surface area contributed by atoms with Crippen molar-refractivity contribution < 1.29 is 8.42 Å². The molecule has 0 spiro atoms. The van der Waals surface area contributed by atoms with Crippen LogP contribution in [0.5, 0.6) is 0 Å². The third kappa shape index (κ3) is 4.81. The molecule has 140 valence electrons. The topological polar surface area (TPSA) is 78.4 Å². The van der Waals surface area contributed by atoms with Gasteiger partial charge in [0.1, 0.15) is 0 Å². The van der Waals surface area contributed by atoms with Gasteiger partial charge in [0.25, 0.3) is 0 Å². The molecule has 0 aliphatic rings. The van der Waals surface area contributed by atoms with Gasteiger partial charge in [-0.15, -0.1) is 10.2 Å². The van der Waals surface area contributed by atoms with Crippen molar-refractivity contribution in [2.75, 3.05) is 23.7 Å². The molecule has 1 aromatic heterocycles. The van der Waals surface area contributed by atoms with E-state index in [1.165, 1.54) is 14.1 Å². The van der Waals surface area contributed by atoms with Gasteiger partial charge in [-0.3, -0.25) is 4.72 Å². The molecule has 7 nitrogen and oxygen atoms in total. The summed E-state index contributed by atoms with van der Waals surface area (Å²) in [7, 11) is -0.727. The zero-order chi connectivity index (χ0) is 19.3. The molecule has 27 heavy (non-hydrogen) atoms. The Bertz CT molecular complexity index is 962. The first-order valence-electron chi connectivity index (χ1n) is 8.36. The Morgan fingerprint density at radius 1 is 0.852 bits per heavy atom. The average molecular weight is 383 g/mol. The summed E-state index contributed by atoms with van der Waals surface area (Å²) in [6, 6.07) is 23.2. The molecule has 0 amide bonds. The molecule has 0 aliphatic heterocycles. The van der Waals surface area contributed by atoms with Crippen LogP contribution in [0.25, 0.3) is 0 Å². The van der Waals surface area contributed by atoms with E-state index in [1.807, 2.05) is 65.6 Å². The molecular formula is C19H21N5O2S. The summed E-state index contributed by atoms with van der Waals surface area (Å²) >= 11 is 0. The van der Waals surface area contributed by atoms with Gasteiger partial charge in [0.15, 0.2) is 11.6 Å². The second-order valence-electron chi connectivity index (χ2n) is 6.07. The zero-order valence-corrected chi connectivity index (χ0v) is 16.0. The third-order valence-electron chi connectivity index (χ3n) is 3.89. The fourth-order valence-electron chi connectivity index (χ4n) is 2.43. The minimum absolute atomic E-state index is 0.167. The van der Waals surface area contributed by atoms with Crippen molar-refractivity contribution >= 4 is 27.5 Å². The minimum atomic E-state index is -3.62. The van der Waals surface area contributed by atoms with Gasteiger partial charge in [-0.2, -0.15) is 12.7 Å². The monoisotopic (exact) mass is 383 g/mol. The molecule has 0 aliphatic carbocycles. The van der Waals surface area contributed by atoms with Crippen LogP contribution in [0.1, 0.15) is 5.56 Å². The molecular weight excluding hydrogens is 362 g/mol. The lowest BCUT2D eigenvalue weighted by molar-refractivity contribution is 0.526. The Morgan fingerprint density at radius 2 is 1.48 bits per heavy atom. The largest absolute Gasteiger partial charge is 0.320 e. The van der Waals surface area contributed by atoms with Crippen molar-refractivity contribution in [1.82, 2.24) is 14.5 Å². The Balaban J connectivity index is 1.88. The van der Waals surface area contributed by atoms with Crippen LogP contribution in [-0.2, 0) is 16.8 Å². The van der Waals surface area contributed by atoms with E-state index in [4.69, 9.17) is 0 Å². The van der Waals surface area contributed by atoms with E-state index in [1.54, 1.807) is 12.1 Å². The van der Waals surface area contributed by atoms with Crippen LogP contribution in [0.4, 0.5) is 17.3 Å². The Morgan fingerprint density at radius 3 is 2.04 bits per heavy atom. The molecule has 2 aromatic carbocycles. The fourth-order valence-corrected chi connectivity index (χ4v) is 2.98. The van der Waals surface area contributed by atoms with Crippen molar-refractivity contribution in [3.05, 3.63) is 78.4 Å². The molecule has 0 bridgehead atoms. The Hall–Kier alpha value is -2.97. The maximum atomic E-state index is 11.9. The highest BCUT2D eigenvalue weighted by molar-refractivity contribution is 7.90. The van der Waals surface area contributed by atoms with E-state index in [2.05, 4.69) is 14.9 Å². The summed E-state index contributed by atoms with van der Waals surface area (Å²) < 4.78 is 27.3. The predicted octanol–water partition coefficient (Wildman–Crippen LogP) is 3.03. The molecule has 3 aromatic rings. The lowest BCUT2D eigenvalue weighted by atomic mass is 10.2. The van der Waals surface area contributed by atoms with Crippen LogP contribution in [0.2, 0.25) is 0 Å². The van der Waals surface area contributed by atoms with Gasteiger partial charge in [-0.25, -0.2) is 0 Å². The lowest BCUT2D eigenvalue weighted by Gasteiger charge is -2.23. The van der Waals surface area contributed by atoms with Gasteiger partial charge in [-0.05, 0) is 29.8 Å². The number of aromatic nitrogens is 2. The molecule has 0 saturated heterocycles. The highest BCUT2D eigenvalue weighted by atomic mass is 32.2. The van der Waals surface area contributed by atoms with Crippen LogP contribution < -0.4 is 9.62 Å². The highest BCUT2D eigenvalue weighted by Gasteiger charge is 2.16. The van der Waals surface area contributed by atoms with Crippen molar-refractivity contribution in [2.24, 2.45) is 0 Å². The number of hydrogen-bond acceptors (Lipinski definition) is 5.